The fourth-order valence-corrected chi connectivity index (χ4v) is 12.1. The van der Waals surface area contributed by atoms with Crippen molar-refractivity contribution in [1.82, 2.24) is 0 Å². The highest BCUT2D eigenvalue weighted by Gasteiger charge is 2.29. The highest BCUT2D eigenvalue weighted by atomic mass is 31.2. The molecule has 5 unspecified atom stereocenters. The van der Waals surface area contributed by atoms with Crippen LogP contribution >= 0.6 is 15.6 Å². The molecule has 590 valence electrons. The first-order valence-electron chi connectivity index (χ1n) is 40.1. The van der Waals surface area contributed by atoms with Gasteiger partial charge in [-0.1, -0.05) is 301 Å². The number of aliphatic hydroxyl groups excluding tert-OH is 2. The van der Waals surface area contributed by atoms with Crippen molar-refractivity contribution < 1.29 is 75.8 Å². The highest BCUT2D eigenvalue weighted by molar-refractivity contribution is 7.47. The lowest BCUT2D eigenvalue weighted by Crippen LogP contribution is -2.30. The van der Waals surface area contributed by atoms with Crippen LogP contribution in [-0.2, 0) is 55.8 Å². The van der Waals surface area contributed by atoms with Gasteiger partial charge in [0.2, 0.25) is 0 Å². The van der Waals surface area contributed by atoms with Gasteiger partial charge in [0.25, 0.3) is 0 Å². The lowest BCUT2D eigenvalue weighted by Gasteiger charge is -2.21. The highest BCUT2D eigenvalue weighted by Crippen LogP contribution is 2.45. The number of esters is 3. The number of hydrogen-bond acceptors (Lipinski definition) is 14. The third-order valence-corrected chi connectivity index (χ3v) is 18.4. The number of allylic oxidation sites excluding steroid dienone is 24. The number of carbonyl (C=O) groups excluding carboxylic acids is 3. The lowest BCUT2D eigenvalue weighted by molar-refractivity contribution is -0.161. The van der Waals surface area contributed by atoms with Crippen LogP contribution in [0.4, 0.5) is 0 Å². The number of carbonyl (C=O) groups is 3. The number of phosphoric ester groups is 2. The zero-order valence-corrected chi connectivity index (χ0v) is 66.2. The van der Waals surface area contributed by atoms with Gasteiger partial charge in [0.1, 0.15) is 25.4 Å². The molecule has 0 amide bonds. The predicted octanol–water partition coefficient (Wildman–Crippen LogP) is 23.7. The quantitative estimate of drug-likeness (QED) is 0.0146. The molecule has 0 spiro atoms. The van der Waals surface area contributed by atoms with Crippen LogP contribution in [0.15, 0.2) is 146 Å². The van der Waals surface area contributed by atoms with Crippen molar-refractivity contribution in [3.63, 3.8) is 0 Å². The van der Waals surface area contributed by atoms with Crippen LogP contribution in [0.2, 0.25) is 0 Å². The van der Waals surface area contributed by atoms with Crippen molar-refractivity contribution in [3.8, 4) is 0 Å². The summed E-state index contributed by atoms with van der Waals surface area (Å²) < 4.78 is 61.2. The molecule has 0 aliphatic carbocycles. The molecular formula is C85H144O16P2. The molecule has 0 bridgehead atoms. The summed E-state index contributed by atoms with van der Waals surface area (Å²) in [6.45, 7) is 2.41. The van der Waals surface area contributed by atoms with E-state index >= 15 is 0 Å². The maximum Gasteiger partial charge on any atom is 0.472 e. The van der Waals surface area contributed by atoms with Crippen molar-refractivity contribution in [1.29, 1.82) is 0 Å². The van der Waals surface area contributed by atoms with Gasteiger partial charge in [0, 0.05) is 19.3 Å². The van der Waals surface area contributed by atoms with Crippen LogP contribution in [0.1, 0.15) is 316 Å². The maximum absolute atomic E-state index is 13.0. The van der Waals surface area contributed by atoms with Crippen LogP contribution in [0.25, 0.3) is 0 Å². The van der Waals surface area contributed by atoms with Gasteiger partial charge >= 0.3 is 33.6 Å². The molecular weight excluding hydrogens is 1340 g/mol. The van der Waals surface area contributed by atoms with Gasteiger partial charge in [0.15, 0.2) is 6.10 Å². The maximum atomic E-state index is 13.0. The Morgan fingerprint density at radius 3 is 0.816 bits per heavy atom. The summed E-state index contributed by atoms with van der Waals surface area (Å²) in [5.74, 6) is -1.61. The van der Waals surface area contributed by atoms with Gasteiger partial charge in [-0.3, -0.25) is 32.5 Å². The van der Waals surface area contributed by atoms with Crippen molar-refractivity contribution in [2.24, 2.45) is 0 Å². The average Bonchev–Trinajstić information content (AvgIpc) is 0.918. The number of phosphoric acid groups is 2. The molecule has 0 saturated carbocycles. The van der Waals surface area contributed by atoms with Gasteiger partial charge in [-0.15, -0.1) is 0 Å². The Balaban J connectivity index is 4.59. The molecule has 103 heavy (non-hydrogen) atoms. The zero-order valence-electron chi connectivity index (χ0n) is 64.4. The molecule has 16 nitrogen and oxygen atoms in total. The second-order valence-electron chi connectivity index (χ2n) is 26.5. The smallest absolute Gasteiger partial charge is 0.463 e. The third-order valence-electron chi connectivity index (χ3n) is 16.5. The molecule has 0 radical (unpaired) electrons. The molecule has 0 aromatic heterocycles. The van der Waals surface area contributed by atoms with E-state index in [4.69, 9.17) is 32.3 Å². The van der Waals surface area contributed by atoms with E-state index < -0.39 is 91.5 Å². The Labute approximate surface area is 626 Å². The summed E-state index contributed by atoms with van der Waals surface area (Å²) in [6.07, 6.45) is 94.6. The van der Waals surface area contributed by atoms with E-state index in [2.05, 4.69) is 167 Å². The second-order valence-corrected chi connectivity index (χ2v) is 29.4. The first-order chi connectivity index (χ1) is 50.2. The molecule has 0 fully saturated rings. The van der Waals surface area contributed by atoms with Gasteiger partial charge in [-0.05, 0) is 141 Å². The molecule has 0 aromatic rings. The Morgan fingerprint density at radius 2 is 0.515 bits per heavy atom. The molecule has 0 heterocycles. The Morgan fingerprint density at radius 1 is 0.282 bits per heavy atom. The summed E-state index contributed by atoms with van der Waals surface area (Å²) in [7, 11) is -9.81. The molecule has 0 rings (SSSR count). The van der Waals surface area contributed by atoms with Crippen molar-refractivity contribution in [2.75, 3.05) is 39.6 Å². The van der Waals surface area contributed by atoms with Crippen LogP contribution in [0, 0.1) is 0 Å². The lowest BCUT2D eigenvalue weighted by atomic mass is 10.0. The van der Waals surface area contributed by atoms with E-state index in [9.17, 15) is 43.5 Å². The molecule has 0 saturated heterocycles. The minimum Gasteiger partial charge on any atom is -0.463 e. The summed E-state index contributed by atoms with van der Waals surface area (Å²) in [4.78, 5) is 58.7. The van der Waals surface area contributed by atoms with E-state index in [0.29, 0.717) is 19.3 Å². The first kappa shape index (κ1) is 98.4. The zero-order chi connectivity index (χ0) is 75.2. The predicted molar refractivity (Wildman–Crippen MR) is 426 cm³/mol. The SMILES string of the molecule is CC/C=C\C/C=C\C/C=C\C/C=C\C/C=C\CCCCCCCCCCCCCCCC(=O)OCC(O)COP(=O)(O)OCC(O)COP(=O)(O)OCC(COC(=O)CCCCCCCC/C=C\C/C=C\C/C=C\C/C=C\CC)OC(=O)CCCCCCCC/C=C\C/C=C\C/C=C\CCCCC. The molecule has 0 aliphatic rings. The van der Waals surface area contributed by atoms with E-state index in [1.807, 2.05) is 0 Å². The monoisotopic (exact) mass is 1480 g/mol. The third kappa shape index (κ3) is 78.3. The van der Waals surface area contributed by atoms with E-state index in [1.165, 1.54) is 77.0 Å². The van der Waals surface area contributed by atoms with Crippen molar-refractivity contribution in [2.45, 2.75) is 334 Å². The average molecular weight is 1480 g/mol. The second kappa shape index (κ2) is 77.1. The summed E-state index contributed by atoms with van der Waals surface area (Å²) >= 11 is 0. The van der Waals surface area contributed by atoms with Crippen molar-refractivity contribution >= 4 is 33.6 Å². The fraction of sp³-hybridized carbons (Fsp3) is 0.682. The fourth-order valence-electron chi connectivity index (χ4n) is 10.5. The van der Waals surface area contributed by atoms with Crippen molar-refractivity contribution in [3.05, 3.63) is 146 Å². The molecule has 0 aromatic carbocycles. The molecule has 4 N–H and O–H groups in total. The number of aliphatic hydroxyl groups is 2. The number of rotatable bonds is 75. The molecule has 18 heteroatoms. The van der Waals surface area contributed by atoms with Crippen LogP contribution < -0.4 is 0 Å². The van der Waals surface area contributed by atoms with Gasteiger partial charge in [0.05, 0.1) is 26.4 Å². The van der Waals surface area contributed by atoms with E-state index in [1.54, 1.807) is 0 Å². The van der Waals surface area contributed by atoms with Gasteiger partial charge in [-0.2, -0.15) is 0 Å². The Bertz CT molecular complexity index is 2450. The Hall–Kier alpha value is -4.57. The van der Waals surface area contributed by atoms with E-state index in [-0.39, 0.29) is 19.3 Å². The van der Waals surface area contributed by atoms with Gasteiger partial charge in [-0.25, -0.2) is 9.13 Å². The number of unbranched alkanes of at least 4 members (excludes halogenated alkanes) is 28. The van der Waals surface area contributed by atoms with Gasteiger partial charge < -0.3 is 34.2 Å². The number of ether oxygens (including phenoxy) is 3. The number of hydrogen-bond donors (Lipinski definition) is 4. The van der Waals surface area contributed by atoms with Crippen LogP contribution in [0.5, 0.6) is 0 Å². The minimum absolute atomic E-state index is 0.0832. The molecule has 0 aliphatic heterocycles. The Kier molecular flexibility index (Phi) is 73.6. The normalized spacial score (nSPS) is 14.7. The standard InChI is InChI=1S/C85H144O16P2/c1-4-7-10-13-16-19-22-25-28-31-34-35-36-37-38-39-40-41-42-43-46-48-50-53-56-59-62-65-68-71-83(88)95-74-80(86)75-97-102(91,92)98-76-81(87)77-99-103(93,94)100-79-82(101-85(90)73-70-67-64-61-58-55-52-49-45-33-30-27-24-21-18-15-12-9-6-3)78-96-84(89)72-69-66-63-60-57-54-51-47-44-32-29-26-23-20-17-14-11-8-5-2/h7-8,10-11,16-21,25-30,34-35,37-38,44-45,47,49,80-82,86-87H,4-6,9,12-15,22-24,31-33,36,39-43,46,48,50-79H2,1-3H3,(H,91,92)(H,93,94)/b10-7-,11-8-,19-16-,20-17-,21-18-,28-25-,29-26-,30-27-,35-34-,38-37-,47-44-,49-45-. The largest absolute Gasteiger partial charge is 0.472 e. The van der Waals surface area contributed by atoms with Crippen LogP contribution in [0.3, 0.4) is 0 Å². The summed E-state index contributed by atoms with van der Waals surface area (Å²) in [5, 5.41) is 20.7. The first-order valence-corrected chi connectivity index (χ1v) is 43.1. The molecule has 5 atom stereocenters. The summed E-state index contributed by atoms with van der Waals surface area (Å²) in [5.41, 5.74) is 0. The minimum atomic E-state index is -4.94. The summed E-state index contributed by atoms with van der Waals surface area (Å²) in [6, 6.07) is 0. The topological polar surface area (TPSA) is 231 Å². The van der Waals surface area contributed by atoms with Crippen LogP contribution in [-0.4, -0.2) is 95.9 Å². The van der Waals surface area contributed by atoms with E-state index in [0.717, 1.165) is 180 Å².